The lowest BCUT2D eigenvalue weighted by molar-refractivity contribution is -0.127. The first-order chi connectivity index (χ1) is 16.7. The second-order valence-corrected chi connectivity index (χ2v) is 9.51. The Morgan fingerprint density at radius 2 is 1.88 bits per heavy atom. The van der Waals surface area contributed by atoms with Gasteiger partial charge >= 0.3 is 0 Å². The molecule has 1 aromatic carbocycles. The highest BCUT2D eigenvalue weighted by molar-refractivity contribution is 6.07. The largest absolute Gasteiger partial charge is 0.379 e. The number of anilines is 1. The fourth-order valence-corrected chi connectivity index (χ4v) is 5.42. The SMILES string of the molecule is O=C(NCCCN1CCCC1=O)c1cc(N2CCC(N3CCOCC3)CC2)nc2ccccc12. The van der Waals surface area contributed by atoms with Gasteiger partial charge in [-0.25, -0.2) is 4.98 Å². The summed E-state index contributed by atoms with van der Waals surface area (Å²) in [6, 6.07) is 10.4. The van der Waals surface area contributed by atoms with Crippen LogP contribution in [0.1, 0.15) is 42.5 Å². The molecule has 2 aromatic rings. The number of para-hydroxylation sites is 1. The van der Waals surface area contributed by atoms with E-state index in [1.807, 2.05) is 35.2 Å². The van der Waals surface area contributed by atoms with E-state index in [4.69, 9.17) is 9.72 Å². The molecule has 2 amide bonds. The summed E-state index contributed by atoms with van der Waals surface area (Å²) in [4.78, 5) is 36.6. The minimum absolute atomic E-state index is 0.0733. The van der Waals surface area contributed by atoms with Crippen molar-refractivity contribution in [3.63, 3.8) is 0 Å². The third-order valence-corrected chi connectivity index (χ3v) is 7.36. The summed E-state index contributed by atoms with van der Waals surface area (Å²) in [6.07, 6.45) is 4.57. The van der Waals surface area contributed by atoms with Crippen molar-refractivity contribution in [2.24, 2.45) is 0 Å². The van der Waals surface area contributed by atoms with Crippen LogP contribution in [0.3, 0.4) is 0 Å². The molecule has 3 aliphatic heterocycles. The number of nitrogens with one attached hydrogen (secondary N) is 1. The Bertz CT molecular complexity index is 1010. The molecule has 8 nitrogen and oxygen atoms in total. The molecule has 0 saturated carbocycles. The van der Waals surface area contributed by atoms with Crippen molar-refractivity contribution < 1.29 is 14.3 Å². The fourth-order valence-electron chi connectivity index (χ4n) is 5.42. The van der Waals surface area contributed by atoms with Gasteiger partial charge in [-0.1, -0.05) is 18.2 Å². The summed E-state index contributed by atoms with van der Waals surface area (Å²) >= 11 is 0. The molecule has 1 aromatic heterocycles. The normalized spacial score (nSPS) is 20.3. The van der Waals surface area contributed by atoms with E-state index in [1.165, 1.54) is 0 Å². The Hall–Kier alpha value is -2.71. The lowest BCUT2D eigenvalue weighted by Crippen LogP contribution is -2.49. The van der Waals surface area contributed by atoms with Crippen molar-refractivity contribution in [1.29, 1.82) is 0 Å². The maximum Gasteiger partial charge on any atom is 0.252 e. The lowest BCUT2D eigenvalue weighted by atomic mass is 10.0. The highest BCUT2D eigenvalue weighted by Crippen LogP contribution is 2.27. The number of carbonyl (C=O) groups excluding carboxylic acids is 2. The number of hydrogen-bond acceptors (Lipinski definition) is 6. The van der Waals surface area contributed by atoms with Crippen molar-refractivity contribution in [2.45, 2.75) is 38.1 Å². The molecule has 0 bridgehead atoms. The Morgan fingerprint density at radius 1 is 1.09 bits per heavy atom. The number of nitrogens with zero attached hydrogens (tertiary/aromatic N) is 4. The second kappa shape index (κ2) is 10.7. The van der Waals surface area contributed by atoms with Crippen molar-refractivity contribution >= 4 is 28.5 Å². The number of rotatable bonds is 7. The predicted octanol–water partition coefficient (Wildman–Crippen LogP) is 2.28. The fraction of sp³-hybridized carbons (Fsp3) is 0.577. The van der Waals surface area contributed by atoms with Gasteiger partial charge in [0, 0.05) is 63.7 Å². The van der Waals surface area contributed by atoms with E-state index in [1.54, 1.807) is 0 Å². The average Bonchev–Trinajstić information content (AvgIpc) is 3.31. The number of hydrogen-bond donors (Lipinski definition) is 1. The lowest BCUT2D eigenvalue weighted by Gasteiger charge is -2.40. The molecule has 34 heavy (non-hydrogen) atoms. The number of aromatic nitrogens is 1. The second-order valence-electron chi connectivity index (χ2n) is 9.51. The standard InChI is InChI=1S/C26H35N5O3/c32-25-7-3-11-31(25)12-4-10-27-26(33)22-19-24(28-23-6-2-1-5-21(22)23)30-13-8-20(9-14-30)29-15-17-34-18-16-29/h1-2,5-6,19-20H,3-4,7-18H2,(H,27,33). The molecule has 5 rings (SSSR count). The molecule has 0 unspecified atom stereocenters. The summed E-state index contributed by atoms with van der Waals surface area (Å²) in [7, 11) is 0. The van der Waals surface area contributed by atoms with Crippen molar-refractivity contribution in [3.8, 4) is 0 Å². The van der Waals surface area contributed by atoms with Gasteiger partial charge in [-0.15, -0.1) is 0 Å². The number of piperidine rings is 1. The highest BCUT2D eigenvalue weighted by atomic mass is 16.5. The van der Waals surface area contributed by atoms with Gasteiger partial charge in [0.25, 0.3) is 5.91 Å². The minimum atomic E-state index is -0.0733. The first kappa shape index (κ1) is 23.1. The quantitative estimate of drug-likeness (QED) is 0.632. The van der Waals surface area contributed by atoms with Crippen LogP contribution < -0.4 is 10.2 Å². The van der Waals surface area contributed by atoms with Gasteiger partial charge in [0.15, 0.2) is 0 Å². The van der Waals surface area contributed by atoms with Crippen LogP contribution in [-0.2, 0) is 9.53 Å². The third kappa shape index (κ3) is 5.18. The number of amides is 2. The Kier molecular flexibility index (Phi) is 7.25. The number of likely N-dealkylation sites (tertiary alicyclic amines) is 1. The highest BCUT2D eigenvalue weighted by Gasteiger charge is 2.27. The van der Waals surface area contributed by atoms with Crippen LogP contribution in [-0.4, -0.2) is 91.7 Å². The first-order valence-electron chi connectivity index (χ1n) is 12.7. The molecule has 0 atom stereocenters. The Labute approximate surface area is 201 Å². The van der Waals surface area contributed by atoms with E-state index in [0.717, 1.165) is 88.3 Å². The smallest absolute Gasteiger partial charge is 0.252 e. The number of morpholine rings is 1. The van der Waals surface area contributed by atoms with Crippen LogP contribution >= 0.6 is 0 Å². The van der Waals surface area contributed by atoms with Crippen LogP contribution in [0.4, 0.5) is 5.82 Å². The van der Waals surface area contributed by atoms with Gasteiger partial charge in [0.1, 0.15) is 5.82 Å². The number of carbonyl (C=O) groups is 2. The number of benzene rings is 1. The van der Waals surface area contributed by atoms with Crippen LogP contribution in [0.2, 0.25) is 0 Å². The first-order valence-corrected chi connectivity index (χ1v) is 12.7. The molecular weight excluding hydrogens is 430 g/mol. The van der Waals surface area contributed by atoms with Gasteiger partial charge in [0.05, 0.1) is 24.3 Å². The third-order valence-electron chi connectivity index (χ3n) is 7.36. The summed E-state index contributed by atoms with van der Waals surface area (Å²) in [5, 5.41) is 3.94. The Balaban J connectivity index is 1.24. The van der Waals surface area contributed by atoms with E-state index >= 15 is 0 Å². The van der Waals surface area contributed by atoms with Crippen molar-refractivity contribution in [3.05, 3.63) is 35.9 Å². The molecule has 3 saturated heterocycles. The summed E-state index contributed by atoms with van der Waals surface area (Å²) < 4.78 is 5.51. The zero-order valence-electron chi connectivity index (χ0n) is 19.9. The molecule has 0 spiro atoms. The van der Waals surface area contributed by atoms with E-state index < -0.39 is 0 Å². The van der Waals surface area contributed by atoms with Crippen LogP contribution in [0.5, 0.6) is 0 Å². The molecule has 0 aliphatic carbocycles. The monoisotopic (exact) mass is 465 g/mol. The summed E-state index contributed by atoms with van der Waals surface area (Å²) in [5.74, 6) is 1.04. The number of fused-ring (bicyclic) bond motifs is 1. The van der Waals surface area contributed by atoms with Gasteiger partial charge < -0.3 is 19.9 Å². The molecule has 4 heterocycles. The number of pyridine rings is 1. The van der Waals surface area contributed by atoms with Gasteiger partial charge in [0.2, 0.25) is 5.91 Å². The van der Waals surface area contributed by atoms with Crippen LogP contribution in [0, 0.1) is 0 Å². The maximum absolute atomic E-state index is 13.2. The molecule has 8 heteroatoms. The van der Waals surface area contributed by atoms with Crippen molar-refractivity contribution in [2.75, 3.05) is 63.9 Å². The molecular formula is C26H35N5O3. The van der Waals surface area contributed by atoms with E-state index in [-0.39, 0.29) is 11.8 Å². The van der Waals surface area contributed by atoms with E-state index in [2.05, 4.69) is 15.1 Å². The minimum Gasteiger partial charge on any atom is -0.379 e. The maximum atomic E-state index is 13.2. The average molecular weight is 466 g/mol. The molecule has 0 radical (unpaired) electrons. The van der Waals surface area contributed by atoms with Gasteiger partial charge in [-0.3, -0.25) is 14.5 Å². The topological polar surface area (TPSA) is 78.0 Å². The van der Waals surface area contributed by atoms with Crippen LogP contribution in [0.15, 0.2) is 30.3 Å². The molecule has 3 aliphatic rings. The van der Waals surface area contributed by atoms with E-state index in [0.29, 0.717) is 31.1 Å². The zero-order valence-corrected chi connectivity index (χ0v) is 19.9. The number of ether oxygens (including phenoxy) is 1. The molecule has 182 valence electrons. The summed E-state index contributed by atoms with van der Waals surface area (Å²) in [5.41, 5.74) is 1.52. The van der Waals surface area contributed by atoms with Crippen LogP contribution in [0.25, 0.3) is 10.9 Å². The zero-order chi connectivity index (χ0) is 23.3. The summed E-state index contributed by atoms with van der Waals surface area (Å²) in [6.45, 7) is 7.70. The van der Waals surface area contributed by atoms with Crippen molar-refractivity contribution in [1.82, 2.24) is 20.1 Å². The Morgan fingerprint density at radius 3 is 2.65 bits per heavy atom. The predicted molar refractivity (Wildman–Crippen MR) is 132 cm³/mol. The van der Waals surface area contributed by atoms with Gasteiger partial charge in [-0.05, 0) is 37.8 Å². The van der Waals surface area contributed by atoms with Gasteiger partial charge in [-0.2, -0.15) is 0 Å². The van der Waals surface area contributed by atoms with E-state index in [9.17, 15) is 9.59 Å². The molecule has 3 fully saturated rings. The molecule has 1 N–H and O–H groups in total.